The molecular formula is C14H24N2O4. The van der Waals surface area contributed by atoms with Crippen molar-refractivity contribution in [2.24, 2.45) is 0 Å². The fraction of sp³-hybridized carbons (Fsp3) is 0.857. The van der Waals surface area contributed by atoms with Gasteiger partial charge < -0.3 is 20.1 Å². The Morgan fingerprint density at radius 2 is 1.85 bits per heavy atom. The Labute approximate surface area is 119 Å². The summed E-state index contributed by atoms with van der Waals surface area (Å²) in [5.41, 5.74) is 0. The predicted octanol–water partition coefficient (Wildman–Crippen LogP) is 0.611. The van der Waals surface area contributed by atoms with Crippen molar-refractivity contribution in [2.75, 3.05) is 26.2 Å². The zero-order valence-corrected chi connectivity index (χ0v) is 11.8. The Morgan fingerprint density at radius 3 is 2.45 bits per heavy atom. The van der Waals surface area contributed by atoms with E-state index in [9.17, 15) is 9.59 Å². The lowest BCUT2D eigenvalue weighted by Gasteiger charge is -2.24. The van der Waals surface area contributed by atoms with Gasteiger partial charge in [-0.2, -0.15) is 0 Å². The van der Waals surface area contributed by atoms with E-state index in [1.807, 2.05) is 0 Å². The summed E-state index contributed by atoms with van der Waals surface area (Å²) in [5, 5.41) is 12.0. The van der Waals surface area contributed by atoms with Crippen molar-refractivity contribution in [3.63, 3.8) is 0 Å². The van der Waals surface area contributed by atoms with Crippen LogP contribution in [0.5, 0.6) is 0 Å². The maximum Gasteiger partial charge on any atom is 0.305 e. The number of hydrogen-bond donors (Lipinski definition) is 2. The third kappa shape index (κ3) is 5.09. The number of hydrogen-bond acceptors (Lipinski definition) is 4. The molecule has 0 spiro atoms. The molecule has 0 aromatic rings. The highest BCUT2D eigenvalue weighted by Crippen LogP contribution is 2.27. The van der Waals surface area contributed by atoms with E-state index in [2.05, 4.69) is 5.32 Å². The lowest BCUT2D eigenvalue weighted by Crippen LogP contribution is -2.36. The summed E-state index contributed by atoms with van der Waals surface area (Å²) in [6.45, 7) is 2.73. The fourth-order valence-corrected chi connectivity index (χ4v) is 2.53. The SMILES string of the molecule is O=C(O)CCN(C(=O)CCOC1CCNCC1)C1CC1. The molecule has 6 nitrogen and oxygen atoms in total. The molecule has 1 saturated heterocycles. The van der Waals surface area contributed by atoms with E-state index in [0.29, 0.717) is 19.6 Å². The lowest BCUT2D eigenvalue weighted by atomic mass is 10.1. The highest BCUT2D eigenvalue weighted by molar-refractivity contribution is 5.77. The van der Waals surface area contributed by atoms with Gasteiger partial charge in [-0.25, -0.2) is 0 Å². The number of nitrogens with one attached hydrogen (secondary N) is 1. The van der Waals surface area contributed by atoms with Gasteiger partial charge in [-0.05, 0) is 38.8 Å². The third-order valence-corrected chi connectivity index (χ3v) is 3.83. The van der Waals surface area contributed by atoms with E-state index < -0.39 is 5.97 Å². The molecule has 1 saturated carbocycles. The monoisotopic (exact) mass is 284 g/mol. The largest absolute Gasteiger partial charge is 0.481 e. The number of ether oxygens (including phenoxy) is 1. The van der Waals surface area contributed by atoms with Gasteiger partial charge >= 0.3 is 5.97 Å². The molecule has 1 heterocycles. The summed E-state index contributed by atoms with van der Waals surface area (Å²) in [4.78, 5) is 24.5. The number of amides is 1. The van der Waals surface area contributed by atoms with E-state index in [4.69, 9.17) is 9.84 Å². The van der Waals surface area contributed by atoms with Crippen molar-refractivity contribution in [1.82, 2.24) is 10.2 Å². The van der Waals surface area contributed by atoms with Crippen molar-refractivity contribution in [2.45, 2.75) is 50.7 Å². The van der Waals surface area contributed by atoms with Crippen LogP contribution in [0.15, 0.2) is 0 Å². The summed E-state index contributed by atoms with van der Waals surface area (Å²) >= 11 is 0. The number of carbonyl (C=O) groups excluding carboxylic acids is 1. The average molecular weight is 284 g/mol. The predicted molar refractivity (Wildman–Crippen MR) is 73.4 cm³/mol. The Balaban J connectivity index is 1.66. The summed E-state index contributed by atoms with van der Waals surface area (Å²) in [5.74, 6) is -0.822. The highest BCUT2D eigenvalue weighted by atomic mass is 16.5. The van der Waals surface area contributed by atoms with E-state index in [0.717, 1.165) is 38.8 Å². The zero-order chi connectivity index (χ0) is 14.4. The van der Waals surface area contributed by atoms with Crippen LogP contribution in [0.4, 0.5) is 0 Å². The maximum absolute atomic E-state index is 12.1. The Hall–Kier alpha value is -1.14. The van der Waals surface area contributed by atoms with Crippen molar-refractivity contribution in [1.29, 1.82) is 0 Å². The molecule has 2 N–H and O–H groups in total. The Bertz CT molecular complexity index is 338. The molecule has 0 bridgehead atoms. The van der Waals surface area contributed by atoms with Crippen molar-refractivity contribution >= 4 is 11.9 Å². The van der Waals surface area contributed by atoms with Crippen LogP contribution in [-0.4, -0.2) is 60.3 Å². The van der Waals surface area contributed by atoms with Crippen LogP contribution in [0.1, 0.15) is 38.5 Å². The quantitative estimate of drug-likeness (QED) is 0.683. The van der Waals surface area contributed by atoms with Crippen LogP contribution in [0.25, 0.3) is 0 Å². The normalized spacial score (nSPS) is 19.8. The number of piperidine rings is 1. The van der Waals surface area contributed by atoms with Crippen LogP contribution < -0.4 is 5.32 Å². The summed E-state index contributed by atoms with van der Waals surface area (Å²) in [6, 6.07) is 0.265. The Morgan fingerprint density at radius 1 is 1.15 bits per heavy atom. The first kappa shape index (κ1) is 15.3. The second kappa shape index (κ2) is 7.59. The average Bonchev–Trinajstić information content (AvgIpc) is 3.24. The van der Waals surface area contributed by atoms with Gasteiger partial charge in [-0.15, -0.1) is 0 Å². The first-order valence-corrected chi connectivity index (χ1v) is 7.50. The van der Waals surface area contributed by atoms with E-state index in [1.54, 1.807) is 4.90 Å². The second-order valence-electron chi connectivity index (χ2n) is 5.53. The molecule has 0 aromatic carbocycles. The summed E-state index contributed by atoms with van der Waals surface area (Å²) < 4.78 is 5.73. The van der Waals surface area contributed by atoms with Gasteiger partial charge in [-0.1, -0.05) is 0 Å². The molecule has 1 aliphatic carbocycles. The molecule has 114 valence electrons. The molecule has 1 amide bonds. The van der Waals surface area contributed by atoms with Gasteiger partial charge in [0.25, 0.3) is 0 Å². The maximum atomic E-state index is 12.1. The molecule has 20 heavy (non-hydrogen) atoms. The van der Waals surface area contributed by atoms with Crippen molar-refractivity contribution in [3.05, 3.63) is 0 Å². The van der Waals surface area contributed by atoms with E-state index in [1.165, 1.54) is 0 Å². The lowest BCUT2D eigenvalue weighted by molar-refractivity contribution is -0.139. The van der Waals surface area contributed by atoms with Crippen LogP contribution in [-0.2, 0) is 14.3 Å². The van der Waals surface area contributed by atoms with Crippen LogP contribution >= 0.6 is 0 Å². The van der Waals surface area contributed by atoms with Gasteiger partial charge in [0.2, 0.25) is 5.91 Å². The minimum absolute atomic E-state index is 0.0252. The number of carboxylic acids is 1. The van der Waals surface area contributed by atoms with Crippen molar-refractivity contribution in [3.8, 4) is 0 Å². The van der Waals surface area contributed by atoms with Gasteiger partial charge in [0.05, 0.1) is 25.6 Å². The molecule has 1 aliphatic heterocycles. The standard InChI is InChI=1S/C14H24N2O4/c17-13(6-10-20-12-3-7-15-8-4-12)16(11-1-2-11)9-5-14(18)19/h11-12,15H,1-10H2,(H,18,19). The van der Waals surface area contributed by atoms with Gasteiger partial charge in [0.15, 0.2) is 0 Å². The number of rotatable bonds is 8. The first-order valence-electron chi connectivity index (χ1n) is 7.50. The molecule has 0 radical (unpaired) electrons. The van der Waals surface area contributed by atoms with Crippen molar-refractivity contribution < 1.29 is 19.4 Å². The minimum atomic E-state index is -0.852. The summed E-state index contributed by atoms with van der Waals surface area (Å²) in [6.07, 6.45) is 4.65. The molecular weight excluding hydrogens is 260 g/mol. The highest BCUT2D eigenvalue weighted by Gasteiger charge is 2.32. The van der Waals surface area contributed by atoms with E-state index >= 15 is 0 Å². The van der Waals surface area contributed by atoms with E-state index in [-0.39, 0.29) is 24.5 Å². The smallest absolute Gasteiger partial charge is 0.305 e. The molecule has 0 atom stereocenters. The molecule has 6 heteroatoms. The topological polar surface area (TPSA) is 78.9 Å². The van der Waals surface area contributed by atoms with Crippen LogP contribution in [0.3, 0.4) is 0 Å². The first-order chi connectivity index (χ1) is 9.66. The molecule has 2 aliphatic rings. The number of carboxylic acid groups (broad SMARTS) is 1. The molecule has 0 unspecified atom stereocenters. The minimum Gasteiger partial charge on any atom is -0.481 e. The second-order valence-corrected chi connectivity index (χ2v) is 5.53. The number of aliphatic carboxylic acids is 1. The number of carbonyl (C=O) groups is 2. The summed E-state index contributed by atoms with van der Waals surface area (Å²) in [7, 11) is 0. The Kier molecular flexibility index (Phi) is 5.79. The molecule has 2 rings (SSSR count). The molecule has 0 aromatic heterocycles. The zero-order valence-electron chi connectivity index (χ0n) is 11.8. The number of nitrogens with zero attached hydrogens (tertiary/aromatic N) is 1. The molecule has 2 fully saturated rings. The van der Waals surface area contributed by atoms with Gasteiger partial charge in [0, 0.05) is 12.6 Å². The van der Waals surface area contributed by atoms with Gasteiger partial charge in [-0.3, -0.25) is 9.59 Å². The van der Waals surface area contributed by atoms with Crippen LogP contribution in [0.2, 0.25) is 0 Å². The fourth-order valence-electron chi connectivity index (χ4n) is 2.53. The van der Waals surface area contributed by atoms with Crippen LogP contribution in [0, 0.1) is 0 Å². The third-order valence-electron chi connectivity index (χ3n) is 3.83. The van der Waals surface area contributed by atoms with Gasteiger partial charge in [0.1, 0.15) is 0 Å².